The van der Waals surface area contributed by atoms with Crippen LogP contribution in [0.1, 0.15) is 40.3 Å². The smallest absolute Gasteiger partial charge is 0.255 e. The number of methoxy groups -OCH3 is 1. The Balaban J connectivity index is 1.82. The van der Waals surface area contributed by atoms with Crippen LogP contribution in [0.25, 0.3) is 5.69 Å². The van der Waals surface area contributed by atoms with Crippen LogP contribution in [-0.4, -0.2) is 22.8 Å². The van der Waals surface area contributed by atoms with Crippen LogP contribution in [0, 0.1) is 13.8 Å². The molecule has 0 radical (unpaired) electrons. The number of ether oxygens (including phenoxy) is 1. The maximum Gasteiger partial charge on any atom is 0.255 e. The third kappa shape index (κ3) is 3.47. The standard InChI is InChI=1S/C21H23N3O2/c1-14(17-10-12-19(26-4)13-11-17)22-21(25)20-15(2)23-24(16(20)3)18-8-6-5-7-9-18/h5-14H,1-4H3,(H,22,25)/t14-/m1/s1. The van der Waals surface area contributed by atoms with Crippen molar-refractivity contribution in [2.45, 2.75) is 26.8 Å². The van der Waals surface area contributed by atoms with Crippen LogP contribution in [0.2, 0.25) is 0 Å². The van der Waals surface area contributed by atoms with Crippen molar-refractivity contribution in [3.63, 3.8) is 0 Å². The third-order valence-electron chi connectivity index (χ3n) is 4.48. The fraction of sp³-hybridized carbons (Fsp3) is 0.238. The Morgan fingerprint density at radius 3 is 2.35 bits per heavy atom. The lowest BCUT2D eigenvalue weighted by Crippen LogP contribution is -2.27. The predicted octanol–water partition coefficient (Wildman–Crippen LogP) is 3.99. The summed E-state index contributed by atoms with van der Waals surface area (Å²) in [4.78, 5) is 12.8. The van der Waals surface area contributed by atoms with E-state index in [0.29, 0.717) is 11.3 Å². The molecule has 0 fully saturated rings. The molecule has 0 spiro atoms. The summed E-state index contributed by atoms with van der Waals surface area (Å²) >= 11 is 0. The molecule has 26 heavy (non-hydrogen) atoms. The summed E-state index contributed by atoms with van der Waals surface area (Å²) in [6, 6.07) is 17.4. The Morgan fingerprint density at radius 1 is 1.08 bits per heavy atom. The van der Waals surface area contributed by atoms with Crippen LogP contribution in [0.4, 0.5) is 0 Å². The zero-order valence-electron chi connectivity index (χ0n) is 15.5. The normalized spacial score (nSPS) is 11.8. The van der Waals surface area contributed by atoms with E-state index in [0.717, 1.165) is 22.7 Å². The molecule has 3 rings (SSSR count). The number of rotatable bonds is 5. The van der Waals surface area contributed by atoms with Crippen molar-refractivity contribution in [1.82, 2.24) is 15.1 Å². The van der Waals surface area contributed by atoms with E-state index in [4.69, 9.17) is 4.74 Å². The molecule has 1 atom stereocenters. The molecular formula is C21H23N3O2. The van der Waals surface area contributed by atoms with E-state index in [9.17, 15) is 4.79 Å². The first-order valence-electron chi connectivity index (χ1n) is 8.57. The van der Waals surface area contributed by atoms with Gasteiger partial charge in [-0.05, 0) is 50.6 Å². The Kier molecular flexibility index (Phi) is 5.07. The Labute approximate surface area is 153 Å². The van der Waals surface area contributed by atoms with Gasteiger partial charge in [-0.15, -0.1) is 0 Å². The molecular weight excluding hydrogens is 326 g/mol. The molecule has 1 amide bonds. The number of benzene rings is 2. The van der Waals surface area contributed by atoms with E-state index in [2.05, 4.69) is 10.4 Å². The number of aryl methyl sites for hydroxylation is 1. The molecule has 2 aromatic carbocycles. The maximum absolute atomic E-state index is 12.8. The maximum atomic E-state index is 12.8. The van der Waals surface area contributed by atoms with Gasteiger partial charge < -0.3 is 10.1 Å². The molecule has 0 aliphatic carbocycles. The predicted molar refractivity (Wildman–Crippen MR) is 102 cm³/mol. The van der Waals surface area contributed by atoms with Crippen LogP contribution in [0.15, 0.2) is 54.6 Å². The molecule has 0 saturated carbocycles. The first kappa shape index (κ1) is 17.7. The number of hydrogen-bond acceptors (Lipinski definition) is 3. The first-order valence-corrected chi connectivity index (χ1v) is 8.57. The summed E-state index contributed by atoms with van der Waals surface area (Å²) in [6.45, 7) is 5.74. The molecule has 5 nitrogen and oxygen atoms in total. The number of hydrogen-bond donors (Lipinski definition) is 1. The van der Waals surface area contributed by atoms with E-state index in [1.165, 1.54) is 0 Å². The average Bonchev–Trinajstić information content (AvgIpc) is 2.96. The molecule has 0 aliphatic rings. The second-order valence-corrected chi connectivity index (χ2v) is 6.26. The minimum Gasteiger partial charge on any atom is -0.497 e. The van der Waals surface area contributed by atoms with Gasteiger partial charge in [0.25, 0.3) is 5.91 Å². The second-order valence-electron chi connectivity index (χ2n) is 6.26. The van der Waals surface area contributed by atoms with Crippen molar-refractivity contribution in [2.24, 2.45) is 0 Å². The highest BCUT2D eigenvalue weighted by Crippen LogP contribution is 2.21. The zero-order chi connectivity index (χ0) is 18.7. The van der Waals surface area contributed by atoms with Gasteiger partial charge in [0, 0.05) is 0 Å². The van der Waals surface area contributed by atoms with E-state index in [1.807, 2.05) is 80.1 Å². The Morgan fingerprint density at radius 2 is 1.73 bits per heavy atom. The van der Waals surface area contributed by atoms with Crippen molar-refractivity contribution >= 4 is 5.91 Å². The number of nitrogens with one attached hydrogen (secondary N) is 1. The second kappa shape index (κ2) is 7.44. The largest absolute Gasteiger partial charge is 0.497 e. The molecule has 134 valence electrons. The van der Waals surface area contributed by atoms with Gasteiger partial charge in [-0.3, -0.25) is 4.79 Å². The minimum absolute atomic E-state index is 0.118. The molecule has 1 N–H and O–H groups in total. The summed E-state index contributed by atoms with van der Waals surface area (Å²) in [5.41, 5.74) is 4.12. The van der Waals surface area contributed by atoms with Crippen molar-refractivity contribution in [3.05, 3.63) is 77.1 Å². The average molecular weight is 349 g/mol. The van der Waals surface area contributed by atoms with Crippen molar-refractivity contribution < 1.29 is 9.53 Å². The van der Waals surface area contributed by atoms with Crippen molar-refractivity contribution in [2.75, 3.05) is 7.11 Å². The lowest BCUT2D eigenvalue weighted by atomic mass is 10.1. The van der Waals surface area contributed by atoms with Crippen molar-refractivity contribution in [1.29, 1.82) is 0 Å². The summed E-state index contributed by atoms with van der Waals surface area (Å²) in [5.74, 6) is 0.675. The Bertz CT molecular complexity index is 899. The summed E-state index contributed by atoms with van der Waals surface area (Å²) in [7, 11) is 1.64. The molecule has 5 heteroatoms. The van der Waals surface area contributed by atoms with Crippen LogP contribution in [-0.2, 0) is 0 Å². The van der Waals surface area contributed by atoms with Gasteiger partial charge in [0.1, 0.15) is 5.75 Å². The topological polar surface area (TPSA) is 56.1 Å². The highest BCUT2D eigenvalue weighted by Gasteiger charge is 2.21. The highest BCUT2D eigenvalue weighted by atomic mass is 16.5. The third-order valence-corrected chi connectivity index (χ3v) is 4.48. The van der Waals surface area contributed by atoms with Crippen LogP contribution in [0.3, 0.4) is 0 Å². The number of aromatic nitrogens is 2. The molecule has 0 unspecified atom stereocenters. The van der Waals surface area contributed by atoms with Gasteiger partial charge in [0.15, 0.2) is 0 Å². The number of carbonyl (C=O) groups excluding carboxylic acids is 1. The van der Waals surface area contributed by atoms with Gasteiger partial charge in [-0.1, -0.05) is 30.3 Å². The van der Waals surface area contributed by atoms with E-state index in [1.54, 1.807) is 7.11 Å². The molecule has 0 aliphatic heterocycles. The molecule has 1 aromatic heterocycles. The lowest BCUT2D eigenvalue weighted by molar-refractivity contribution is 0.0938. The van der Waals surface area contributed by atoms with E-state index in [-0.39, 0.29) is 11.9 Å². The fourth-order valence-corrected chi connectivity index (χ4v) is 3.04. The van der Waals surface area contributed by atoms with Gasteiger partial charge in [0.05, 0.1) is 35.8 Å². The number of amides is 1. The quantitative estimate of drug-likeness (QED) is 0.758. The minimum atomic E-state index is -0.120. The summed E-state index contributed by atoms with van der Waals surface area (Å²) in [5, 5.41) is 7.61. The van der Waals surface area contributed by atoms with Crippen molar-refractivity contribution in [3.8, 4) is 11.4 Å². The molecule has 0 saturated heterocycles. The van der Waals surface area contributed by atoms with Gasteiger partial charge in [-0.2, -0.15) is 5.10 Å². The summed E-state index contributed by atoms with van der Waals surface area (Å²) < 4.78 is 6.99. The van der Waals surface area contributed by atoms with Crippen LogP contribution < -0.4 is 10.1 Å². The van der Waals surface area contributed by atoms with Crippen LogP contribution in [0.5, 0.6) is 5.75 Å². The lowest BCUT2D eigenvalue weighted by Gasteiger charge is -2.15. The Hall–Kier alpha value is -3.08. The molecule has 0 bridgehead atoms. The molecule has 3 aromatic rings. The van der Waals surface area contributed by atoms with Gasteiger partial charge >= 0.3 is 0 Å². The zero-order valence-corrected chi connectivity index (χ0v) is 15.5. The van der Waals surface area contributed by atoms with Gasteiger partial charge in [-0.25, -0.2) is 4.68 Å². The highest BCUT2D eigenvalue weighted by molar-refractivity contribution is 5.96. The molecule has 1 heterocycles. The SMILES string of the molecule is COc1ccc([C@@H](C)NC(=O)c2c(C)nn(-c3ccccc3)c2C)cc1. The number of nitrogens with zero attached hydrogens (tertiary/aromatic N) is 2. The monoisotopic (exact) mass is 349 g/mol. The fourth-order valence-electron chi connectivity index (χ4n) is 3.04. The number of para-hydroxylation sites is 1. The van der Waals surface area contributed by atoms with Gasteiger partial charge in [0.2, 0.25) is 0 Å². The summed E-state index contributed by atoms with van der Waals surface area (Å²) in [6.07, 6.45) is 0. The number of carbonyl (C=O) groups is 1. The van der Waals surface area contributed by atoms with E-state index >= 15 is 0 Å². The van der Waals surface area contributed by atoms with E-state index < -0.39 is 0 Å². The first-order chi connectivity index (χ1) is 12.5. The van der Waals surface area contributed by atoms with Crippen LogP contribution >= 0.6 is 0 Å².